The molecule has 4 nitrogen and oxygen atoms in total. The number of hydrogen-bond donors (Lipinski definition) is 0. The Balaban J connectivity index is 1.71. The van der Waals surface area contributed by atoms with Crippen molar-refractivity contribution in [2.45, 2.75) is 45.9 Å². The lowest BCUT2D eigenvalue weighted by Crippen LogP contribution is -2.40. The van der Waals surface area contributed by atoms with E-state index in [9.17, 15) is 4.79 Å². The highest BCUT2D eigenvalue weighted by molar-refractivity contribution is 6.31. The molecule has 0 aliphatic carbocycles. The Morgan fingerprint density at radius 1 is 1.35 bits per heavy atom. The molecule has 0 bridgehead atoms. The summed E-state index contributed by atoms with van der Waals surface area (Å²) in [6, 6.07) is 11.6. The highest BCUT2D eigenvalue weighted by Gasteiger charge is 2.34. The molecule has 3 rings (SSSR count). The van der Waals surface area contributed by atoms with Crippen LogP contribution in [0, 0.1) is 6.92 Å². The molecule has 0 N–H and O–H groups in total. The van der Waals surface area contributed by atoms with E-state index in [0.29, 0.717) is 6.42 Å². The summed E-state index contributed by atoms with van der Waals surface area (Å²) in [7, 11) is 1.70. The number of hydrogen-bond acceptors (Lipinski definition) is 3. The van der Waals surface area contributed by atoms with Gasteiger partial charge in [0.1, 0.15) is 12.4 Å². The van der Waals surface area contributed by atoms with E-state index in [2.05, 4.69) is 13.8 Å². The summed E-state index contributed by atoms with van der Waals surface area (Å²) in [5.74, 6) is 1.14. The number of rotatable bonds is 4. The van der Waals surface area contributed by atoms with Crippen LogP contribution in [0.25, 0.3) is 0 Å². The smallest absolute Gasteiger partial charge is 0.412 e. The number of nitrogens with zero attached hydrogens (tertiary/aromatic N) is 1. The second kappa shape index (κ2) is 7.58. The molecule has 0 radical (unpaired) electrons. The normalized spacial score (nSPS) is 15.5. The average Bonchev–Trinajstić information content (AvgIpc) is 3.08. The van der Waals surface area contributed by atoms with Gasteiger partial charge in [-0.3, -0.25) is 4.90 Å². The van der Waals surface area contributed by atoms with Gasteiger partial charge in [0.05, 0.1) is 0 Å². The van der Waals surface area contributed by atoms with E-state index >= 15 is 0 Å². The summed E-state index contributed by atoms with van der Waals surface area (Å²) in [4.78, 5) is 13.9. The molecule has 1 amide bonds. The van der Waals surface area contributed by atoms with Gasteiger partial charge in [0.15, 0.2) is 6.23 Å². The summed E-state index contributed by atoms with van der Waals surface area (Å²) >= 11 is 6.39. The third-order valence-corrected chi connectivity index (χ3v) is 5.20. The van der Waals surface area contributed by atoms with Crippen LogP contribution in [0.5, 0.6) is 5.75 Å². The summed E-state index contributed by atoms with van der Waals surface area (Å²) in [5, 5.41) is 0.742. The second-order valence-corrected chi connectivity index (χ2v) is 7.37. The van der Waals surface area contributed by atoms with Crippen molar-refractivity contribution in [3.05, 3.63) is 63.7 Å². The first-order valence-electron chi connectivity index (χ1n) is 8.80. The minimum atomic E-state index is -0.401. The molecule has 1 aliphatic heterocycles. The Labute approximate surface area is 159 Å². The largest absolute Gasteiger partial charge is 0.469 e. The molecule has 2 aromatic rings. The van der Waals surface area contributed by atoms with Crippen LogP contribution < -0.4 is 4.74 Å². The molecular formula is C21H24ClNO3. The molecule has 0 saturated carbocycles. The number of halogens is 1. The van der Waals surface area contributed by atoms with E-state index in [1.807, 2.05) is 43.3 Å². The van der Waals surface area contributed by atoms with Gasteiger partial charge in [0.2, 0.25) is 0 Å². The van der Waals surface area contributed by atoms with E-state index in [1.165, 1.54) is 4.90 Å². The van der Waals surface area contributed by atoms with Crippen molar-refractivity contribution in [2.75, 3.05) is 7.05 Å². The molecule has 0 fully saturated rings. The molecule has 1 atom stereocenters. The molecular weight excluding hydrogens is 350 g/mol. The second-order valence-electron chi connectivity index (χ2n) is 6.96. The van der Waals surface area contributed by atoms with Crippen LogP contribution in [0.3, 0.4) is 0 Å². The third kappa shape index (κ3) is 3.65. The molecule has 1 aliphatic rings. The number of fused-ring (bicyclic) bond motifs is 1. The fraction of sp³-hybridized carbons (Fsp3) is 0.381. The first-order valence-corrected chi connectivity index (χ1v) is 9.18. The fourth-order valence-electron chi connectivity index (χ4n) is 3.12. The van der Waals surface area contributed by atoms with Crippen LogP contribution in [-0.2, 0) is 17.8 Å². The van der Waals surface area contributed by atoms with Gasteiger partial charge in [-0.2, -0.15) is 0 Å². The SMILES string of the molecule is Cc1c(Cl)cc(C(C)C)c2c1CC(N(C)C(=O)OCc1ccccc1)O2. The maximum absolute atomic E-state index is 12.4. The van der Waals surface area contributed by atoms with Crippen molar-refractivity contribution in [1.29, 1.82) is 0 Å². The lowest BCUT2D eigenvalue weighted by Gasteiger charge is -2.24. The third-order valence-electron chi connectivity index (χ3n) is 4.81. The van der Waals surface area contributed by atoms with E-state index in [-0.39, 0.29) is 18.8 Å². The molecule has 1 unspecified atom stereocenters. The van der Waals surface area contributed by atoms with E-state index in [1.54, 1.807) is 7.05 Å². The molecule has 0 saturated heterocycles. The highest BCUT2D eigenvalue weighted by Crippen LogP contribution is 2.42. The number of amides is 1. The molecule has 0 aromatic heterocycles. The number of carbonyl (C=O) groups excluding carboxylic acids is 1. The van der Waals surface area contributed by atoms with Crippen LogP contribution >= 0.6 is 11.6 Å². The summed E-state index contributed by atoms with van der Waals surface area (Å²) in [6.45, 7) is 6.45. The number of likely N-dealkylation sites (N-methyl/N-ethyl adjacent to an activating group) is 1. The van der Waals surface area contributed by atoms with Crippen LogP contribution in [0.2, 0.25) is 5.02 Å². The van der Waals surface area contributed by atoms with Crippen LogP contribution in [-0.4, -0.2) is 24.3 Å². The van der Waals surface area contributed by atoms with Crippen molar-refractivity contribution < 1.29 is 14.3 Å². The first kappa shape index (κ1) is 18.6. The van der Waals surface area contributed by atoms with Crippen molar-refractivity contribution in [1.82, 2.24) is 4.90 Å². The Kier molecular flexibility index (Phi) is 5.42. The van der Waals surface area contributed by atoms with Gasteiger partial charge in [-0.15, -0.1) is 0 Å². The zero-order chi connectivity index (χ0) is 18.8. The number of benzene rings is 2. The Morgan fingerprint density at radius 3 is 2.69 bits per heavy atom. The zero-order valence-electron chi connectivity index (χ0n) is 15.6. The van der Waals surface area contributed by atoms with Gasteiger partial charge in [0.25, 0.3) is 0 Å². The molecule has 1 heterocycles. The molecule has 5 heteroatoms. The van der Waals surface area contributed by atoms with Crippen molar-refractivity contribution in [3.63, 3.8) is 0 Å². The first-order chi connectivity index (χ1) is 12.4. The standard InChI is InChI=1S/C21H24ClNO3/c1-13(2)16-10-18(22)14(3)17-11-19(26-20(16)17)23(4)21(24)25-12-15-8-6-5-7-9-15/h5-10,13,19H,11-12H2,1-4H3. The predicted octanol–water partition coefficient (Wildman–Crippen LogP) is 5.30. The lowest BCUT2D eigenvalue weighted by molar-refractivity contribution is 0.0370. The van der Waals surface area contributed by atoms with Crippen molar-refractivity contribution >= 4 is 17.7 Å². The van der Waals surface area contributed by atoms with Gasteiger partial charge >= 0.3 is 6.09 Å². The summed E-state index contributed by atoms with van der Waals surface area (Å²) in [5.41, 5.74) is 4.12. The lowest BCUT2D eigenvalue weighted by atomic mass is 9.95. The van der Waals surface area contributed by atoms with E-state index in [4.69, 9.17) is 21.1 Å². The zero-order valence-corrected chi connectivity index (χ0v) is 16.3. The maximum Gasteiger partial charge on any atom is 0.412 e. The van der Waals surface area contributed by atoms with Crippen molar-refractivity contribution in [3.8, 4) is 5.75 Å². The molecule has 26 heavy (non-hydrogen) atoms. The van der Waals surface area contributed by atoms with Gasteiger partial charge in [0, 0.05) is 24.1 Å². The summed E-state index contributed by atoms with van der Waals surface area (Å²) < 4.78 is 11.6. The Bertz CT molecular complexity index is 805. The molecule has 0 spiro atoms. The predicted molar refractivity (Wildman–Crippen MR) is 103 cm³/mol. The van der Waals surface area contributed by atoms with Crippen molar-refractivity contribution in [2.24, 2.45) is 0 Å². The van der Waals surface area contributed by atoms with Crippen LogP contribution in [0.15, 0.2) is 36.4 Å². The number of carbonyl (C=O) groups is 1. The fourth-order valence-corrected chi connectivity index (χ4v) is 3.35. The Hall–Kier alpha value is -2.20. The molecule has 138 valence electrons. The van der Waals surface area contributed by atoms with E-state index in [0.717, 1.165) is 33.0 Å². The minimum Gasteiger partial charge on any atom is -0.469 e. The quantitative estimate of drug-likeness (QED) is 0.729. The Morgan fingerprint density at radius 2 is 2.04 bits per heavy atom. The van der Waals surface area contributed by atoms with Gasteiger partial charge in [-0.05, 0) is 35.6 Å². The van der Waals surface area contributed by atoms with Crippen LogP contribution in [0.1, 0.15) is 42.0 Å². The topological polar surface area (TPSA) is 38.8 Å². The number of ether oxygens (including phenoxy) is 2. The maximum atomic E-state index is 12.4. The minimum absolute atomic E-state index is 0.242. The van der Waals surface area contributed by atoms with Gasteiger partial charge < -0.3 is 9.47 Å². The van der Waals surface area contributed by atoms with Crippen LogP contribution in [0.4, 0.5) is 4.79 Å². The van der Waals surface area contributed by atoms with Gasteiger partial charge in [-0.25, -0.2) is 4.79 Å². The summed E-state index contributed by atoms with van der Waals surface area (Å²) in [6.07, 6.45) is -0.178. The highest BCUT2D eigenvalue weighted by atomic mass is 35.5. The van der Waals surface area contributed by atoms with E-state index < -0.39 is 6.09 Å². The van der Waals surface area contributed by atoms with Gasteiger partial charge in [-0.1, -0.05) is 55.8 Å². The molecule has 2 aromatic carbocycles. The average molecular weight is 374 g/mol. The monoisotopic (exact) mass is 373 g/mol.